The third kappa shape index (κ3) is 9.54. The van der Waals surface area contributed by atoms with Crippen LogP contribution in [0.4, 0.5) is 15.3 Å². The van der Waals surface area contributed by atoms with Gasteiger partial charge in [0.25, 0.3) is 0 Å². The van der Waals surface area contributed by atoms with Gasteiger partial charge in [0.05, 0.1) is 0 Å². The van der Waals surface area contributed by atoms with E-state index in [1.54, 1.807) is 32.9 Å². The van der Waals surface area contributed by atoms with Crippen molar-refractivity contribution in [3.05, 3.63) is 42.5 Å². The highest BCUT2D eigenvalue weighted by atomic mass is 16.7. The fourth-order valence-corrected chi connectivity index (χ4v) is 3.29. The summed E-state index contributed by atoms with van der Waals surface area (Å²) in [5.41, 5.74) is 0.491. The zero-order chi connectivity index (χ0) is 26.0. The summed E-state index contributed by atoms with van der Waals surface area (Å²) in [6.45, 7) is 5.98. The first-order valence-corrected chi connectivity index (χ1v) is 11.3. The van der Waals surface area contributed by atoms with E-state index in [2.05, 4.69) is 16.0 Å². The molecule has 35 heavy (non-hydrogen) atoms. The molecule has 0 radical (unpaired) electrons. The lowest BCUT2D eigenvalue weighted by Gasteiger charge is -2.23. The van der Waals surface area contributed by atoms with E-state index in [4.69, 9.17) is 14.6 Å². The van der Waals surface area contributed by atoms with Crippen LogP contribution < -0.4 is 20.7 Å². The topological polar surface area (TPSA) is 146 Å². The van der Waals surface area contributed by atoms with Crippen LogP contribution in [0.3, 0.4) is 0 Å². The van der Waals surface area contributed by atoms with Crippen LogP contribution in [0.5, 0.6) is 11.5 Å². The van der Waals surface area contributed by atoms with Gasteiger partial charge in [-0.1, -0.05) is 12.1 Å². The number of ether oxygens (including phenoxy) is 2. The van der Waals surface area contributed by atoms with Crippen LogP contribution >= 0.6 is 0 Å². The first-order chi connectivity index (χ1) is 16.5. The molecule has 5 N–H and O–H groups in total. The normalized spacial score (nSPS) is 11.9. The summed E-state index contributed by atoms with van der Waals surface area (Å²) in [6, 6.07) is 9.80. The number of amides is 2. The number of phenolic OH excluding ortho intramolecular Hbond substituents is 1. The Labute approximate surface area is 204 Å². The predicted octanol–water partition coefficient (Wildman–Crippen LogP) is 4.34. The van der Waals surface area contributed by atoms with Crippen LogP contribution in [0.25, 0.3) is 11.1 Å². The molecule has 0 fully saturated rings. The van der Waals surface area contributed by atoms with Crippen LogP contribution in [-0.2, 0) is 9.53 Å². The number of hydrogen-bond donors (Lipinski definition) is 5. The Hall–Kier alpha value is -3.79. The maximum absolute atomic E-state index is 13.1. The Bertz CT molecular complexity index is 1030. The molecule has 0 unspecified atom stereocenters. The molecule has 2 rings (SSSR count). The Kier molecular flexibility index (Phi) is 9.89. The smallest absolute Gasteiger partial charge is 0.508 e. The fraction of sp³-hybridized carbons (Fsp3) is 0.400. The molecule has 2 amide bonds. The molecule has 10 nitrogen and oxygen atoms in total. The van der Waals surface area contributed by atoms with Crippen molar-refractivity contribution in [3.63, 3.8) is 0 Å². The monoisotopic (exact) mass is 487 g/mol. The molecule has 190 valence electrons. The van der Waals surface area contributed by atoms with Gasteiger partial charge in [0, 0.05) is 11.3 Å². The highest BCUT2D eigenvalue weighted by Gasteiger charge is 2.24. The van der Waals surface area contributed by atoms with Gasteiger partial charge in [0.2, 0.25) is 5.91 Å². The van der Waals surface area contributed by atoms with E-state index in [9.17, 15) is 19.5 Å². The number of alkyl carbamates (subject to hydrolysis) is 1. The minimum atomic E-state index is -1.49. The van der Waals surface area contributed by atoms with Crippen molar-refractivity contribution in [2.45, 2.75) is 51.7 Å². The van der Waals surface area contributed by atoms with E-state index in [0.29, 0.717) is 29.7 Å². The highest BCUT2D eigenvalue weighted by molar-refractivity contribution is 5.97. The second kappa shape index (κ2) is 12.6. The van der Waals surface area contributed by atoms with Gasteiger partial charge in [-0.3, -0.25) is 4.79 Å². The van der Waals surface area contributed by atoms with E-state index in [-0.39, 0.29) is 11.5 Å². The molecular weight excluding hydrogens is 454 g/mol. The maximum atomic E-state index is 13.1. The van der Waals surface area contributed by atoms with Crippen molar-refractivity contribution in [3.8, 4) is 22.6 Å². The van der Waals surface area contributed by atoms with Gasteiger partial charge >= 0.3 is 12.2 Å². The molecule has 0 spiro atoms. The number of carboxylic acid groups (broad SMARTS) is 1. The summed E-state index contributed by atoms with van der Waals surface area (Å²) >= 11 is 0. The van der Waals surface area contributed by atoms with Crippen molar-refractivity contribution >= 4 is 23.8 Å². The van der Waals surface area contributed by atoms with Gasteiger partial charge in [-0.05, 0) is 89.5 Å². The van der Waals surface area contributed by atoms with Crippen LogP contribution in [0.2, 0.25) is 0 Å². The number of hydrogen-bond acceptors (Lipinski definition) is 7. The van der Waals surface area contributed by atoms with Crippen molar-refractivity contribution in [2.24, 2.45) is 0 Å². The summed E-state index contributed by atoms with van der Waals surface area (Å²) in [5, 5.41) is 27.3. The molecule has 0 aliphatic heterocycles. The Balaban J connectivity index is 2.27. The largest absolute Gasteiger partial charge is 0.511 e. The number of unbranched alkanes of at least 4 members (excludes halogenated alkanes) is 1. The lowest BCUT2D eigenvalue weighted by Crippen LogP contribution is -2.45. The molecule has 0 aliphatic carbocycles. The first-order valence-electron chi connectivity index (χ1n) is 11.3. The third-order valence-electron chi connectivity index (χ3n) is 4.78. The second-order valence-electron chi connectivity index (χ2n) is 8.92. The van der Waals surface area contributed by atoms with Gasteiger partial charge in [-0.2, -0.15) is 0 Å². The summed E-state index contributed by atoms with van der Waals surface area (Å²) < 4.78 is 10.2. The molecule has 10 heteroatoms. The van der Waals surface area contributed by atoms with Crippen LogP contribution in [0.15, 0.2) is 42.5 Å². The first kappa shape index (κ1) is 27.5. The van der Waals surface area contributed by atoms with Gasteiger partial charge in [0.15, 0.2) is 0 Å². The van der Waals surface area contributed by atoms with Crippen molar-refractivity contribution in [1.29, 1.82) is 0 Å². The van der Waals surface area contributed by atoms with Gasteiger partial charge in [-0.25, -0.2) is 9.59 Å². The van der Waals surface area contributed by atoms with Crippen LogP contribution in [-0.4, -0.2) is 53.6 Å². The van der Waals surface area contributed by atoms with Crippen LogP contribution in [0.1, 0.15) is 40.0 Å². The van der Waals surface area contributed by atoms with E-state index >= 15 is 0 Å². The quantitative estimate of drug-likeness (QED) is 0.189. The third-order valence-corrected chi connectivity index (χ3v) is 4.78. The average molecular weight is 488 g/mol. The molecule has 0 aliphatic rings. The molecule has 0 saturated carbocycles. The highest BCUT2D eigenvalue weighted by Crippen LogP contribution is 2.34. The van der Waals surface area contributed by atoms with Crippen molar-refractivity contribution in [2.75, 3.05) is 18.9 Å². The number of anilines is 1. The van der Waals surface area contributed by atoms with Crippen molar-refractivity contribution < 1.29 is 34.1 Å². The Morgan fingerprint density at radius 3 is 2.43 bits per heavy atom. The molecule has 1 atom stereocenters. The molecule has 0 saturated heterocycles. The molecule has 2 aromatic carbocycles. The summed E-state index contributed by atoms with van der Waals surface area (Å²) in [5.74, 6) is -0.424. The molecule has 0 bridgehead atoms. The van der Waals surface area contributed by atoms with E-state index in [1.165, 1.54) is 30.3 Å². The second-order valence-corrected chi connectivity index (χ2v) is 8.92. The molecular formula is C25H33N3O7. The van der Waals surface area contributed by atoms with Crippen molar-refractivity contribution in [1.82, 2.24) is 10.6 Å². The number of aromatic hydroxyl groups is 1. The minimum Gasteiger partial charge on any atom is -0.508 e. The number of rotatable bonds is 10. The number of benzene rings is 2. The number of carbonyl (C=O) groups excluding carboxylic acids is 2. The minimum absolute atomic E-state index is 0.0126. The Morgan fingerprint density at radius 1 is 1.06 bits per heavy atom. The lowest BCUT2D eigenvalue weighted by molar-refractivity contribution is -0.118. The average Bonchev–Trinajstić information content (AvgIpc) is 2.75. The zero-order valence-corrected chi connectivity index (χ0v) is 20.4. The van der Waals surface area contributed by atoms with E-state index < -0.39 is 29.8 Å². The summed E-state index contributed by atoms with van der Waals surface area (Å²) in [6.07, 6.45) is -0.288. The Morgan fingerprint density at radius 2 is 1.80 bits per heavy atom. The predicted molar refractivity (Wildman–Crippen MR) is 132 cm³/mol. The zero-order valence-electron chi connectivity index (χ0n) is 20.4. The van der Waals surface area contributed by atoms with Gasteiger partial charge in [-0.15, -0.1) is 0 Å². The lowest BCUT2D eigenvalue weighted by atomic mass is 10.0. The number of carbonyl (C=O) groups is 3. The number of phenols is 1. The van der Waals surface area contributed by atoms with Crippen LogP contribution in [0, 0.1) is 0 Å². The summed E-state index contributed by atoms with van der Waals surface area (Å²) in [4.78, 5) is 36.5. The number of nitrogens with one attached hydrogen (secondary N) is 3. The van der Waals surface area contributed by atoms with Gasteiger partial charge in [0.1, 0.15) is 23.1 Å². The van der Waals surface area contributed by atoms with E-state index in [0.717, 1.165) is 13.0 Å². The fourth-order valence-electron chi connectivity index (χ4n) is 3.29. The SMILES string of the molecule is CNCCCC[C@H](NC(=O)OC(C)(C)C)C(=O)Nc1ccc(OC(=O)O)c(-c2cccc(O)c2)c1. The standard InChI is InChI=1S/C25H33N3O7/c1-25(2,3)35-23(31)28-20(10-5-6-13-26-4)22(30)27-17-11-12-21(34-24(32)33)19(15-17)16-8-7-9-18(29)14-16/h7-9,11-12,14-15,20,26,29H,5-6,10,13H2,1-4H3,(H,27,30)(H,28,31)(H,32,33)/t20-/m0/s1. The summed E-state index contributed by atoms with van der Waals surface area (Å²) in [7, 11) is 1.84. The maximum Gasteiger partial charge on any atom is 0.511 e. The molecule has 0 heterocycles. The molecule has 2 aromatic rings. The molecule has 0 aromatic heterocycles. The van der Waals surface area contributed by atoms with Gasteiger partial charge < -0.3 is 35.6 Å². The van der Waals surface area contributed by atoms with E-state index in [1.807, 2.05) is 7.05 Å².